The lowest BCUT2D eigenvalue weighted by atomic mass is 10.1. The maximum absolute atomic E-state index is 12.8. The van der Waals surface area contributed by atoms with Crippen LogP contribution in [0.25, 0.3) is 0 Å². The molecular weight excluding hydrogens is 502 g/mol. The third kappa shape index (κ3) is 6.12. The second-order valence-electron chi connectivity index (χ2n) is 8.98. The van der Waals surface area contributed by atoms with Crippen LogP contribution in [0.1, 0.15) is 67.8 Å². The third-order valence-electron chi connectivity index (χ3n) is 5.94. The Morgan fingerprint density at radius 3 is 2.10 bits per heavy atom. The molecule has 1 aliphatic rings. The number of carbonyl (C=O) groups excluding carboxylic acids is 5. The molecule has 3 aromatic carbocycles. The molecule has 1 aliphatic heterocycles. The fourth-order valence-corrected chi connectivity index (χ4v) is 3.98. The molecule has 0 aromatic heterocycles. The van der Waals surface area contributed by atoms with Gasteiger partial charge in [-0.2, -0.15) is 0 Å². The number of hydrogen-bond acceptors (Lipinski definition) is 7. The third-order valence-corrected chi connectivity index (χ3v) is 5.94. The van der Waals surface area contributed by atoms with Gasteiger partial charge in [0.15, 0.2) is 0 Å². The fraction of sp³-hybridized carbons (Fsp3) is 0.207. The Bertz CT molecular complexity index is 1430. The van der Waals surface area contributed by atoms with Crippen molar-refractivity contribution in [2.75, 3.05) is 11.9 Å². The Morgan fingerprint density at radius 1 is 0.821 bits per heavy atom. The van der Waals surface area contributed by atoms with Gasteiger partial charge in [0.2, 0.25) is 0 Å². The van der Waals surface area contributed by atoms with Crippen LogP contribution in [-0.2, 0) is 11.3 Å². The molecule has 3 aromatic rings. The van der Waals surface area contributed by atoms with E-state index in [1.165, 1.54) is 47.4 Å². The topological polar surface area (TPSA) is 131 Å². The molecule has 0 saturated carbocycles. The number of nitrogens with zero attached hydrogens (tertiary/aromatic N) is 1. The number of anilines is 1. The predicted octanol–water partition coefficient (Wildman–Crippen LogP) is 4.41. The summed E-state index contributed by atoms with van der Waals surface area (Å²) in [4.78, 5) is 62.9. The van der Waals surface area contributed by atoms with Crippen molar-refractivity contribution >= 4 is 35.5 Å². The van der Waals surface area contributed by atoms with E-state index in [1.807, 2.05) is 0 Å². The van der Waals surface area contributed by atoms with Gasteiger partial charge in [-0.3, -0.25) is 24.1 Å². The van der Waals surface area contributed by atoms with Gasteiger partial charge in [-0.15, -0.1) is 0 Å². The molecule has 0 saturated heterocycles. The number of ether oxygens (including phenoxy) is 2. The summed E-state index contributed by atoms with van der Waals surface area (Å²) in [6.07, 6.45) is -0.814. The molecule has 200 valence electrons. The van der Waals surface area contributed by atoms with Gasteiger partial charge in [0.05, 0.1) is 17.7 Å². The summed E-state index contributed by atoms with van der Waals surface area (Å²) in [7, 11) is 0. The Morgan fingerprint density at radius 2 is 1.46 bits per heavy atom. The van der Waals surface area contributed by atoms with Crippen molar-refractivity contribution in [1.82, 2.24) is 10.2 Å². The van der Waals surface area contributed by atoms with Crippen molar-refractivity contribution in [2.45, 2.75) is 33.4 Å². The lowest BCUT2D eigenvalue weighted by molar-refractivity contribution is 0.0608. The minimum Gasteiger partial charge on any atom is -0.434 e. The Balaban J connectivity index is 1.32. The highest BCUT2D eigenvalue weighted by Gasteiger charge is 2.37. The monoisotopic (exact) mass is 529 g/mol. The molecule has 0 aliphatic carbocycles. The van der Waals surface area contributed by atoms with E-state index in [0.29, 0.717) is 11.3 Å². The van der Waals surface area contributed by atoms with E-state index in [0.717, 1.165) is 5.56 Å². The number of carbonyl (C=O) groups is 5. The maximum Gasteiger partial charge on any atom is 0.513 e. The van der Waals surface area contributed by atoms with Crippen LogP contribution in [0.4, 0.5) is 10.5 Å². The molecule has 0 spiro atoms. The lowest BCUT2D eigenvalue weighted by Crippen LogP contribution is -2.35. The molecule has 0 radical (unpaired) electrons. The zero-order valence-electron chi connectivity index (χ0n) is 21.6. The van der Waals surface area contributed by atoms with Crippen molar-refractivity contribution in [3.05, 3.63) is 94.5 Å². The number of benzene rings is 3. The number of imide groups is 1. The van der Waals surface area contributed by atoms with Gasteiger partial charge in [0.25, 0.3) is 23.6 Å². The SMILES string of the molecule is CCOC(=O)Oc1ccc(C(=O)NCc2ccc(NC(=O)c3ccc4c(c3)C(=O)N(C(C)C)C4=O)cc2)cc1. The first-order valence-corrected chi connectivity index (χ1v) is 12.3. The first-order chi connectivity index (χ1) is 18.7. The molecule has 39 heavy (non-hydrogen) atoms. The van der Waals surface area contributed by atoms with Crippen molar-refractivity contribution in [1.29, 1.82) is 0 Å². The highest BCUT2D eigenvalue weighted by molar-refractivity contribution is 6.22. The molecule has 0 unspecified atom stereocenters. The van der Waals surface area contributed by atoms with Gasteiger partial charge >= 0.3 is 6.16 Å². The minimum absolute atomic E-state index is 0.199. The molecule has 1 heterocycles. The second kappa shape index (κ2) is 11.6. The minimum atomic E-state index is -0.814. The number of rotatable bonds is 8. The average Bonchev–Trinajstić information content (AvgIpc) is 3.17. The Labute approximate surface area is 224 Å². The molecule has 4 rings (SSSR count). The highest BCUT2D eigenvalue weighted by Crippen LogP contribution is 2.26. The quantitative estimate of drug-likeness (QED) is 0.251. The van der Waals surface area contributed by atoms with Gasteiger partial charge in [-0.25, -0.2) is 4.79 Å². The summed E-state index contributed by atoms with van der Waals surface area (Å²) in [6.45, 7) is 5.63. The number of amides is 4. The van der Waals surface area contributed by atoms with Crippen LogP contribution in [0.3, 0.4) is 0 Å². The fourth-order valence-electron chi connectivity index (χ4n) is 3.98. The van der Waals surface area contributed by atoms with Crippen molar-refractivity contribution in [3.63, 3.8) is 0 Å². The van der Waals surface area contributed by atoms with Gasteiger partial charge in [0.1, 0.15) is 5.75 Å². The molecule has 0 bridgehead atoms. The molecule has 10 heteroatoms. The van der Waals surface area contributed by atoms with Crippen molar-refractivity contribution in [3.8, 4) is 5.75 Å². The number of nitrogens with one attached hydrogen (secondary N) is 2. The van der Waals surface area contributed by atoms with E-state index in [4.69, 9.17) is 9.47 Å². The maximum atomic E-state index is 12.8. The standard InChI is InChI=1S/C29H27N3O7/c1-4-38-29(37)39-22-12-7-19(8-13-22)25(33)30-16-18-5-10-21(11-6-18)31-26(34)20-9-14-23-24(15-20)28(36)32(17(2)3)27(23)35/h5-15,17H,4,16H2,1-3H3,(H,30,33)(H,31,34). The molecule has 0 atom stereocenters. The van der Waals surface area contributed by atoms with Crippen LogP contribution < -0.4 is 15.4 Å². The van der Waals surface area contributed by atoms with Gasteiger partial charge in [-0.1, -0.05) is 12.1 Å². The molecule has 10 nitrogen and oxygen atoms in total. The Hall–Kier alpha value is -4.99. The predicted molar refractivity (Wildman–Crippen MR) is 142 cm³/mol. The summed E-state index contributed by atoms with van der Waals surface area (Å²) in [5.74, 6) is -1.24. The van der Waals surface area contributed by atoms with E-state index in [1.54, 1.807) is 45.0 Å². The van der Waals surface area contributed by atoms with Crippen LogP contribution in [0.15, 0.2) is 66.7 Å². The van der Waals surface area contributed by atoms with Crippen LogP contribution in [0.5, 0.6) is 5.75 Å². The number of fused-ring (bicyclic) bond motifs is 1. The van der Waals surface area contributed by atoms with E-state index >= 15 is 0 Å². The Kier molecular flexibility index (Phi) is 8.04. The zero-order chi connectivity index (χ0) is 28.1. The van der Waals surface area contributed by atoms with Crippen molar-refractivity contribution < 1.29 is 33.4 Å². The summed E-state index contributed by atoms with van der Waals surface area (Å²) < 4.78 is 9.68. The van der Waals surface area contributed by atoms with Gasteiger partial charge in [0, 0.05) is 29.4 Å². The van der Waals surface area contributed by atoms with Gasteiger partial charge in [-0.05, 0) is 80.9 Å². The summed E-state index contributed by atoms with van der Waals surface area (Å²) >= 11 is 0. The largest absolute Gasteiger partial charge is 0.513 e. The average molecular weight is 530 g/mol. The highest BCUT2D eigenvalue weighted by atomic mass is 16.7. The van der Waals surface area contributed by atoms with E-state index in [9.17, 15) is 24.0 Å². The lowest BCUT2D eigenvalue weighted by Gasteiger charge is -2.17. The molecule has 2 N–H and O–H groups in total. The van der Waals surface area contributed by atoms with E-state index in [-0.39, 0.29) is 53.4 Å². The van der Waals surface area contributed by atoms with Crippen molar-refractivity contribution in [2.24, 2.45) is 0 Å². The smallest absolute Gasteiger partial charge is 0.434 e. The summed E-state index contributed by atoms with van der Waals surface area (Å²) in [5, 5.41) is 5.58. The van der Waals surface area contributed by atoms with E-state index < -0.39 is 18.0 Å². The molecule has 0 fully saturated rings. The first kappa shape index (κ1) is 27.1. The molecular formula is C29H27N3O7. The first-order valence-electron chi connectivity index (χ1n) is 12.3. The summed E-state index contributed by atoms with van der Waals surface area (Å²) in [5.41, 5.74) is 2.49. The zero-order valence-corrected chi connectivity index (χ0v) is 21.6. The van der Waals surface area contributed by atoms with Crippen LogP contribution in [0.2, 0.25) is 0 Å². The normalized spacial score (nSPS) is 12.3. The van der Waals surface area contributed by atoms with Crippen LogP contribution >= 0.6 is 0 Å². The second-order valence-corrected chi connectivity index (χ2v) is 8.98. The van der Waals surface area contributed by atoms with E-state index in [2.05, 4.69) is 10.6 Å². The summed E-state index contributed by atoms with van der Waals surface area (Å²) in [6, 6.07) is 17.2. The van der Waals surface area contributed by atoms with Crippen LogP contribution in [-0.4, -0.2) is 47.3 Å². The van der Waals surface area contributed by atoms with Gasteiger partial charge < -0.3 is 20.1 Å². The van der Waals surface area contributed by atoms with Crippen LogP contribution in [0, 0.1) is 0 Å². The number of hydrogen-bond donors (Lipinski definition) is 2. The molecule has 4 amide bonds.